The van der Waals surface area contributed by atoms with Crippen LogP contribution in [0.4, 0.5) is 11.5 Å². The maximum atomic E-state index is 10.9. The van der Waals surface area contributed by atoms with Crippen LogP contribution < -0.4 is 5.32 Å². The van der Waals surface area contributed by atoms with E-state index in [9.17, 15) is 10.1 Å². The minimum Gasteiger partial charge on any atom is -0.376 e. The molecule has 0 spiro atoms. The van der Waals surface area contributed by atoms with Crippen LogP contribution in [0.5, 0.6) is 0 Å². The van der Waals surface area contributed by atoms with Crippen LogP contribution in [-0.4, -0.2) is 34.0 Å². The van der Waals surface area contributed by atoms with Crippen molar-refractivity contribution in [2.75, 3.05) is 18.5 Å². The Morgan fingerprint density at radius 3 is 3.06 bits per heavy atom. The van der Waals surface area contributed by atoms with Gasteiger partial charge < -0.3 is 10.1 Å². The van der Waals surface area contributed by atoms with Crippen molar-refractivity contribution in [1.29, 1.82) is 0 Å². The van der Waals surface area contributed by atoms with Gasteiger partial charge in [-0.25, -0.2) is 4.68 Å². The van der Waals surface area contributed by atoms with E-state index in [4.69, 9.17) is 4.74 Å². The lowest BCUT2D eigenvalue weighted by Gasteiger charge is -2.11. The summed E-state index contributed by atoms with van der Waals surface area (Å²) in [4.78, 5) is 10.5. The second-order valence-corrected chi connectivity index (χ2v) is 4.18. The van der Waals surface area contributed by atoms with E-state index in [0.717, 1.165) is 19.4 Å². The molecule has 0 amide bonds. The minimum atomic E-state index is -0.403. The molecule has 0 saturated carbocycles. The Morgan fingerprint density at radius 1 is 1.71 bits per heavy atom. The van der Waals surface area contributed by atoms with Gasteiger partial charge in [0.05, 0.1) is 11.0 Å². The molecule has 1 aromatic heterocycles. The van der Waals surface area contributed by atoms with Gasteiger partial charge in [0.15, 0.2) is 0 Å². The SMILES string of the molecule is Cc1nn(C)c(NCC2CCCO2)c1[N+](=O)[O-]. The summed E-state index contributed by atoms with van der Waals surface area (Å²) in [7, 11) is 1.69. The van der Waals surface area contributed by atoms with Crippen LogP contribution >= 0.6 is 0 Å². The number of nitro groups is 1. The van der Waals surface area contributed by atoms with Crippen LogP contribution in [-0.2, 0) is 11.8 Å². The second-order valence-electron chi connectivity index (χ2n) is 4.18. The molecule has 1 fully saturated rings. The molecule has 17 heavy (non-hydrogen) atoms. The summed E-state index contributed by atoms with van der Waals surface area (Å²) in [6, 6.07) is 0. The second kappa shape index (κ2) is 4.70. The van der Waals surface area contributed by atoms with Gasteiger partial charge in [-0.15, -0.1) is 0 Å². The van der Waals surface area contributed by atoms with E-state index in [1.54, 1.807) is 14.0 Å². The van der Waals surface area contributed by atoms with Gasteiger partial charge in [-0.1, -0.05) is 0 Å². The molecule has 7 nitrogen and oxygen atoms in total. The monoisotopic (exact) mass is 240 g/mol. The highest BCUT2D eigenvalue weighted by atomic mass is 16.6. The zero-order chi connectivity index (χ0) is 12.4. The zero-order valence-electron chi connectivity index (χ0n) is 9.97. The molecule has 0 aromatic carbocycles. The molecular weight excluding hydrogens is 224 g/mol. The Balaban J connectivity index is 2.11. The van der Waals surface area contributed by atoms with E-state index in [0.29, 0.717) is 18.1 Å². The first-order valence-corrected chi connectivity index (χ1v) is 5.63. The third kappa shape index (κ3) is 2.38. The number of anilines is 1. The minimum absolute atomic E-state index is 0.0468. The summed E-state index contributed by atoms with van der Waals surface area (Å²) < 4.78 is 6.96. The fourth-order valence-corrected chi connectivity index (χ4v) is 2.08. The predicted octanol–water partition coefficient (Wildman–Crippen LogP) is 1.23. The van der Waals surface area contributed by atoms with Gasteiger partial charge >= 0.3 is 5.69 Å². The number of rotatable bonds is 4. The van der Waals surface area contributed by atoms with Crippen LogP contribution in [0.1, 0.15) is 18.5 Å². The summed E-state index contributed by atoms with van der Waals surface area (Å²) in [5, 5.41) is 18.0. The van der Waals surface area contributed by atoms with Gasteiger partial charge in [-0.05, 0) is 19.8 Å². The Morgan fingerprint density at radius 2 is 2.47 bits per heavy atom. The Labute approximate surface area is 98.9 Å². The topological polar surface area (TPSA) is 82.2 Å². The molecule has 94 valence electrons. The first kappa shape index (κ1) is 11.8. The maximum Gasteiger partial charge on any atom is 0.333 e. The number of hydrogen-bond acceptors (Lipinski definition) is 5. The molecule has 1 aliphatic heterocycles. The largest absolute Gasteiger partial charge is 0.376 e. The number of aromatic nitrogens is 2. The molecule has 1 aromatic rings. The highest BCUT2D eigenvalue weighted by Gasteiger charge is 2.25. The van der Waals surface area contributed by atoms with Crippen LogP contribution in [0, 0.1) is 17.0 Å². The van der Waals surface area contributed by atoms with Crippen LogP contribution in [0.2, 0.25) is 0 Å². The quantitative estimate of drug-likeness (QED) is 0.632. The van der Waals surface area contributed by atoms with E-state index in [1.165, 1.54) is 4.68 Å². The van der Waals surface area contributed by atoms with E-state index in [1.807, 2.05) is 0 Å². The number of nitrogens with zero attached hydrogens (tertiary/aromatic N) is 3. The van der Waals surface area contributed by atoms with Crippen molar-refractivity contribution in [2.45, 2.75) is 25.9 Å². The molecule has 1 saturated heterocycles. The van der Waals surface area contributed by atoms with Gasteiger partial charge in [0.2, 0.25) is 5.82 Å². The van der Waals surface area contributed by atoms with Crippen molar-refractivity contribution in [3.05, 3.63) is 15.8 Å². The van der Waals surface area contributed by atoms with Crippen LogP contribution in [0.15, 0.2) is 0 Å². The van der Waals surface area contributed by atoms with E-state index in [2.05, 4.69) is 10.4 Å². The van der Waals surface area contributed by atoms with Crippen molar-refractivity contribution in [3.63, 3.8) is 0 Å². The van der Waals surface area contributed by atoms with E-state index in [-0.39, 0.29) is 11.8 Å². The average molecular weight is 240 g/mol. The molecule has 0 bridgehead atoms. The first-order valence-electron chi connectivity index (χ1n) is 5.63. The molecule has 0 radical (unpaired) electrons. The Bertz CT molecular complexity index is 423. The standard InChI is InChI=1S/C10H16N4O3/c1-7-9(14(15)16)10(13(2)12-7)11-6-8-4-3-5-17-8/h8,11H,3-6H2,1-2H3. The summed E-state index contributed by atoms with van der Waals surface area (Å²) in [5.74, 6) is 0.447. The molecule has 1 aliphatic rings. The molecule has 1 N–H and O–H groups in total. The lowest BCUT2D eigenvalue weighted by atomic mass is 10.2. The van der Waals surface area contributed by atoms with Crippen molar-refractivity contribution in [2.24, 2.45) is 7.05 Å². The molecule has 0 aliphatic carbocycles. The van der Waals surface area contributed by atoms with E-state index < -0.39 is 4.92 Å². The van der Waals surface area contributed by atoms with Crippen molar-refractivity contribution >= 4 is 11.5 Å². The van der Waals surface area contributed by atoms with E-state index >= 15 is 0 Å². The third-order valence-electron chi connectivity index (χ3n) is 2.89. The fraction of sp³-hybridized carbons (Fsp3) is 0.700. The number of ether oxygens (including phenoxy) is 1. The Hall–Kier alpha value is -1.63. The maximum absolute atomic E-state index is 10.9. The lowest BCUT2D eigenvalue weighted by molar-refractivity contribution is -0.384. The summed E-state index contributed by atoms with van der Waals surface area (Å²) in [6.45, 7) is 2.99. The van der Waals surface area contributed by atoms with Crippen molar-refractivity contribution in [3.8, 4) is 0 Å². The molecular formula is C10H16N4O3. The molecule has 2 rings (SSSR count). The number of hydrogen-bond donors (Lipinski definition) is 1. The first-order chi connectivity index (χ1) is 8.09. The van der Waals surface area contributed by atoms with Gasteiger partial charge in [-0.3, -0.25) is 10.1 Å². The van der Waals surface area contributed by atoms with Gasteiger partial charge in [-0.2, -0.15) is 5.10 Å². The van der Waals surface area contributed by atoms with Crippen molar-refractivity contribution < 1.29 is 9.66 Å². The van der Waals surface area contributed by atoms with Crippen LogP contribution in [0.25, 0.3) is 0 Å². The van der Waals surface area contributed by atoms with Crippen LogP contribution in [0.3, 0.4) is 0 Å². The predicted molar refractivity (Wildman–Crippen MR) is 62.1 cm³/mol. The summed E-state index contributed by atoms with van der Waals surface area (Å²) >= 11 is 0. The fourth-order valence-electron chi connectivity index (χ4n) is 2.08. The third-order valence-corrected chi connectivity index (χ3v) is 2.89. The zero-order valence-corrected chi connectivity index (χ0v) is 9.97. The highest BCUT2D eigenvalue weighted by molar-refractivity contribution is 5.59. The molecule has 1 unspecified atom stereocenters. The molecule has 7 heteroatoms. The smallest absolute Gasteiger partial charge is 0.333 e. The highest BCUT2D eigenvalue weighted by Crippen LogP contribution is 2.27. The lowest BCUT2D eigenvalue weighted by Crippen LogP contribution is -2.20. The number of aryl methyl sites for hydroxylation is 2. The van der Waals surface area contributed by atoms with Gasteiger partial charge in [0, 0.05) is 20.2 Å². The normalized spacial score (nSPS) is 19.5. The van der Waals surface area contributed by atoms with Gasteiger partial charge in [0.25, 0.3) is 0 Å². The average Bonchev–Trinajstić information content (AvgIpc) is 2.83. The summed E-state index contributed by atoms with van der Waals surface area (Å²) in [5.41, 5.74) is 0.470. The number of nitrogens with one attached hydrogen (secondary N) is 1. The van der Waals surface area contributed by atoms with Crippen molar-refractivity contribution in [1.82, 2.24) is 9.78 Å². The molecule has 2 heterocycles. The Kier molecular flexibility index (Phi) is 3.28. The van der Waals surface area contributed by atoms with Gasteiger partial charge in [0.1, 0.15) is 5.69 Å². The molecule has 1 atom stereocenters. The summed E-state index contributed by atoms with van der Waals surface area (Å²) in [6.07, 6.45) is 2.20.